The molecule has 0 bridgehead atoms. The molecule has 0 saturated carbocycles. The van der Waals surface area contributed by atoms with Gasteiger partial charge in [-0.2, -0.15) is 0 Å². The van der Waals surface area contributed by atoms with E-state index in [2.05, 4.69) is 74.8 Å². The summed E-state index contributed by atoms with van der Waals surface area (Å²) in [6.45, 7) is 9.95. The smallest absolute Gasteiger partial charge is 0.0455 e. The minimum Gasteiger partial charge on any atom is -0.309 e. The second-order valence-corrected chi connectivity index (χ2v) is 7.26. The van der Waals surface area contributed by atoms with E-state index in [4.69, 9.17) is 0 Å². The van der Waals surface area contributed by atoms with Crippen molar-refractivity contribution in [2.24, 2.45) is 0 Å². The lowest BCUT2D eigenvalue weighted by molar-refractivity contribution is 0.557. The molecule has 2 heteroatoms. The topological polar surface area (TPSA) is 12.0 Å². The van der Waals surface area contributed by atoms with Crippen LogP contribution in [-0.2, 0) is 11.8 Å². The highest BCUT2D eigenvalue weighted by Crippen LogP contribution is 2.25. The second kappa shape index (κ2) is 6.55. The summed E-state index contributed by atoms with van der Waals surface area (Å²) in [4.78, 5) is 1.42. The Kier molecular flexibility index (Phi) is 5.00. The second-order valence-electron chi connectivity index (χ2n) is 6.28. The average molecular weight is 287 g/mol. The van der Waals surface area contributed by atoms with E-state index in [1.807, 2.05) is 11.3 Å². The quantitative estimate of drug-likeness (QED) is 0.821. The van der Waals surface area contributed by atoms with Crippen LogP contribution in [0.25, 0.3) is 0 Å². The van der Waals surface area contributed by atoms with Crippen LogP contribution in [0.15, 0.2) is 41.8 Å². The first-order valence-corrected chi connectivity index (χ1v) is 8.25. The zero-order chi connectivity index (χ0) is 14.6. The number of nitrogens with one attached hydrogen (secondary N) is 1. The Labute approximate surface area is 127 Å². The summed E-state index contributed by atoms with van der Waals surface area (Å²) in [5.41, 5.74) is 3.03. The molecule has 2 rings (SSSR count). The Bertz CT molecular complexity index is 505. The summed E-state index contributed by atoms with van der Waals surface area (Å²) in [6, 6.07) is 13.9. The van der Waals surface area contributed by atoms with Gasteiger partial charge in [-0.05, 0) is 41.0 Å². The standard InChI is InChI=1S/C18H25NS/c1-5-19-16(17-7-6-12-20-17)13-14-8-10-15(11-9-14)18(2,3)4/h6-12,16,19H,5,13H2,1-4H3. The van der Waals surface area contributed by atoms with Crippen LogP contribution in [0.1, 0.15) is 49.7 Å². The van der Waals surface area contributed by atoms with Crippen molar-refractivity contribution in [3.8, 4) is 0 Å². The molecule has 0 aliphatic carbocycles. The summed E-state index contributed by atoms with van der Waals surface area (Å²) in [7, 11) is 0. The van der Waals surface area contributed by atoms with E-state index >= 15 is 0 Å². The van der Waals surface area contributed by atoms with Crippen molar-refractivity contribution < 1.29 is 0 Å². The largest absolute Gasteiger partial charge is 0.309 e. The molecule has 0 aliphatic rings. The molecule has 0 radical (unpaired) electrons. The first-order chi connectivity index (χ1) is 9.50. The summed E-state index contributed by atoms with van der Waals surface area (Å²) >= 11 is 1.84. The van der Waals surface area contributed by atoms with Crippen molar-refractivity contribution in [3.63, 3.8) is 0 Å². The third kappa shape index (κ3) is 3.94. The molecule has 1 N–H and O–H groups in total. The van der Waals surface area contributed by atoms with Gasteiger partial charge in [-0.1, -0.05) is 58.0 Å². The molecule has 1 unspecified atom stereocenters. The first-order valence-electron chi connectivity index (χ1n) is 7.37. The Hall–Kier alpha value is -1.12. The van der Waals surface area contributed by atoms with Gasteiger partial charge in [0.05, 0.1) is 0 Å². The van der Waals surface area contributed by atoms with Crippen molar-refractivity contribution in [2.45, 2.75) is 45.6 Å². The van der Waals surface area contributed by atoms with Crippen molar-refractivity contribution in [1.29, 1.82) is 0 Å². The van der Waals surface area contributed by atoms with Gasteiger partial charge >= 0.3 is 0 Å². The summed E-state index contributed by atoms with van der Waals surface area (Å²) < 4.78 is 0. The monoisotopic (exact) mass is 287 g/mol. The number of hydrogen-bond donors (Lipinski definition) is 1. The van der Waals surface area contributed by atoms with Crippen molar-refractivity contribution >= 4 is 11.3 Å². The fourth-order valence-electron chi connectivity index (χ4n) is 2.39. The molecule has 0 fully saturated rings. The summed E-state index contributed by atoms with van der Waals surface area (Å²) in [5.74, 6) is 0. The van der Waals surface area contributed by atoms with Crippen LogP contribution >= 0.6 is 11.3 Å². The number of likely N-dealkylation sites (N-methyl/N-ethyl adjacent to an activating group) is 1. The van der Waals surface area contributed by atoms with Gasteiger partial charge < -0.3 is 5.32 Å². The van der Waals surface area contributed by atoms with Gasteiger partial charge in [0, 0.05) is 10.9 Å². The van der Waals surface area contributed by atoms with E-state index < -0.39 is 0 Å². The van der Waals surface area contributed by atoms with E-state index in [0.29, 0.717) is 6.04 Å². The lowest BCUT2D eigenvalue weighted by Crippen LogP contribution is -2.22. The highest BCUT2D eigenvalue weighted by molar-refractivity contribution is 7.10. The maximum absolute atomic E-state index is 3.59. The summed E-state index contributed by atoms with van der Waals surface area (Å²) in [5, 5.41) is 5.74. The van der Waals surface area contributed by atoms with Gasteiger partial charge in [0.15, 0.2) is 0 Å². The summed E-state index contributed by atoms with van der Waals surface area (Å²) in [6.07, 6.45) is 1.05. The zero-order valence-corrected chi connectivity index (χ0v) is 13.8. The SMILES string of the molecule is CCNC(Cc1ccc(C(C)(C)C)cc1)c1cccs1. The Morgan fingerprint density at radius 2 is 1.80 bits per heavy atom. The number of rotatable bonds is 5. The molecular weight excluding hydrogens is 262 g/mol. The van der Waals surface area contributed by atoms with Gasteiger partial charge in [-0.25, -0.2) is 0 Å². The highest BCUT2D eigenvalue weighted by atomic mass is 32.1. The lowest BCUT2D eigenvalue weighted by Gasteiger charge is -2.20. The zero-order valence-electron chi connectivity index (χ0n) is 12.9. The molecular formula is C18H25NS. The first kappa shape index (κ1) is 15.3. The Morgan fingerprint density at radius 1 is 1.10 bits per heavy atom. The average Bonchev–Trinajstić information content (AvgIpc) is 2.91. The molecule has 1 aromatic heterocycles. The van der Waals surface area contributed by atoms with Gasteiger partial charge in [0.25, 0.3) is 0 Å². The molecule has 1 nitrogen and oxygen atoms in total. The highest BCUT2D eigenvalue weighted by Gasteiger charge is 2.15. The van der Waals surface area contributed by atoms with Crippen LogP contribution in [-0.4, -0.2) is 6.54 Å². The number of benzene rings is 1. The van der Waals surface area contributed by atoms with Crippen LogP contribution in [0.5, 0.6) is 0 Å². The maximum Gasteiger partial charge on any atom is 0.0455 e. The molecule has 1 atom stereocenters. The normalized spacial score (nSPS) is 13.4. The van der Waals surface area contributed by atoms with E-state index in [1.165, 1.54) is 16.0 Å². The van der Waals surface area contributed by atoms with Crippen molar-refractivity contribution in [1.82, 2.24) is 5.32 Å². The predicted molar refractivity (Wildman–Crippen MR) is 89.6 cm³/mol. The third-order valence-electron chi connectivity index (χ3n) is 3.60. The van der Waals surface area contributed by atoms with Crippen molar-refractivity contribution in [2.75, 3.05) is 6.54 Å². The van der Waals surface area contributed by atoms with Gasteiger partial charge in [0.1, 0.15) is 0 Å². The van der Waals surface area contributed by atoms with Crippen LogP contribution in [0.2, 0.25) is 0 Å². The van der Waals surface area contributed by atoms with Crippen LogP contribution in [0.4, 0.5) is 0 Å². The number of hydrogen-bond acceptors (Lipinski definition) is 2. The van der Waals surface area contributed by atoms with E-state index in [0.717, 1.165) is 13.0 Å². The molecule has 20 heavy (non-hydrogen) atoms. The minimum atomic E-state index is 0.230. The molecule has 1 aromatic carbocycles. The van der Waals surface area contributed by atoms with E-state index in [1.54, 1.807) is 0 Å². The lowest BCUT2D eigenvalue weighted by atomic mass is 9.86. The molecule has 1 heterocycles. The van der Waals surface area contributed by atoms with Crippen LogP contribution in [0, 0.1) is 0 Å². The fourth-order valence-corrected chi connectivity index (χ4v) is 3.19. The fraction of sp³-hybridized carbons (Fsp3) is 0.444. The Morgan fingerprint density at radius 3 is 2.30 bits per heavy atom. The molecule has 0 amide bonds. The van der Waals surface area contributed by atoms with Gasteiger partial charge in [-0.3, -0.25) is 0 Å². The molecule has 0 saturated heterocycles. The van der Waals surface area contributed by atoms with Crippen LogP contribution in [0.3, 0.4) is 0 Å². The van der Waals surface area contributed by atoms with Gasteiger partial charge in [0.2, 0.25) is 0 Å². The Balaban J connectivity index is 2.11. The van der Waals surface area contributed by atoms with E-state index in [9.17, 15) is 0 Å². The van der Waals surface area contributed by atoms with Gasteiger partial charge in [-0.15, -0.1) is 11.3 Å². The van der Waals surface area contributed by atoms with E-state index in [-0.39, 0.29) is 5.41 Å². The minimum absolute atomic E-state index is 0.230. The predicted octanol–water partition coefficient (Wildman–Crippen LogP) is 4.94. The molecule has 2 aromatic rings. The van der Waals surface area contributed by atoms with Crippen LogP contribution < -0.4 is 5.32 Å². The number of thiophene rings is 1. The molecule has 108 valence electrons. The maximum atomic E-state index is 3.59. The third-order valence-corrected chi connectivity index (χ3v) is 4.58. The van der Waals surface area contributed by atoms with Crippen molar-refractivity contribution in [3.05, 3.63) is 57.8 Å². The molecule has 0 aliphatic heterocycles. The molecule has 0 spiro atoms.